The van der Waals surface area contributed by atoms with Gasteiger partial charge in [-0.15, -0.1) is 11.3 Å². The number of phenols is 1. The van der Waals surface area contributed by atoms with Gasteiger partial charge in [-0.3, -0.25) is 0 Å². The second-order valence-electron chi connectivity index (χ2n) is 4.68. The molecule has 0 saturated carbocycles. The van der Waals surface area contributed by atoms with Crippen LogP contribution in [0.2, 0.25) is 0 Å². The van der Waals surface area contributed by atoms with Crippen molar-refractivity contribution < 1.29 is 9.84 Å². The Morgan fingerprint density at radius 3 is 2.95 bits per heavy atom. The number of fused-ring (bicyclic) bond motifs is 1. The summed E-state index contributed by atoms with van der Waals surface area (Å²) >= 11 is 1.61. The smallest absolute Gasteiger partial charge is 0.160 e. The second-order valence-corrected chi connectivity index (χ2v) is 5.54. The molecule has 3 rings (SSSR count). The lowest BCUT2D eigenvalue weighted by atomic mass is 10.2. The normalized spacial score (nSPS) is 10.8. The van der Waals surface area contributed by atoms with Gasteiger partial charge < -0.3 is 15.2 Å². The van der Waals surface area contributed by atoms with E-state index < -0.39 is 0 Å². The SMILES string of the molecule is COc1ccc(CNc2ncnc3scc(C)c23)cc1O. The average Bonchev–Trinajstić information content (AvgIpc) is 2.87. The molecule has 0 amide bonds. The van der Waals surface area contributed by atoms with Gasteiger partial charge in [0.15, 0.2) is 11.5 Å². The van der Waals surface area contributed by atoms with Gasteiger partial charge in [0.25, 0.3) is 0 Å². The van der Waals surface area contributed by atoms with Crippen molar-refractivity contribution in [3.8, 4) is 11.5 Å². The Morgan fingerprint density at radius 2 is 2.19 bits per heavy atom. The van der Waals surface area contributed by atoms with Gasteiger partial charge in [-0.25, -0.2) is 9.97 Å². The van der Waals surface area contributed by atoms with E-state index in [-0.39, 0.29) is 5.75 Å². The van der Waals surface area contributed by atoms with Gasteiger partial charge in [0.05, 0.1) is 12.5 Å². The van der Waals surface area contributed by atoms with Crippen LogP contribution < -0.4 is 10.1 Å². The number of thiophene rings is 1. The summed E-state index contributed by atoms with van der Waals surface area (Å²) in [5.41, 5.74) is 2.11. The minimum atomic E-state index is 0.136. The molecule has 2 N–H and O–H groups in total. The fourth-order valence-corrected chi connectivity index (χ4v) is 3.07. The summed E-state index contributed by atoms with van der Waals surface area (Å²) in [4.78, 5) is 9.55. The Kier molecular flexibility index (Phi) is 3.62. The number of methoxy groups -OCH3 is 1. The van der Waals surface area contributed by atoms with E-state index in [0.29, 0.717) is 12.3 Å². The summed E-state index contributed by atoms with van der Waals surface area (Å²) in [6.45, 7) is 2.62. The van der Waals surface area contributed by atoms with Crippen molar-refractivity contribution in [1.29, 1.82) is 0 Å². The molecular weight excluding hydrogens is 286 g/mol. The highest BCUT2D eigenvalue weighted by molar-refractivity contribution is 7.17. The first-order valence-corrected chi connectivity index (χ1v) is 7.35. The first-order chi connectivity index (χ1) is 10.2. The van der Waals surface area contributed by atoms with Crippen LogP contribution in [0.5, 0.6) is 11.5 Å². The average molecular weight is 301 g/mol. The van der Waals surface area contributed by atoms with E-state index in [2.05, 4.69) is 20.7 Å². The van der Waals surface area contributed by atoms with E-state index in [0.717, 1.165) is 27.2 Å². The molecule has 0 aliphatic rings. The molecule has 0 atom stereocenters. The van der Waals surface area contributed by atoms with E-state index in [1.807, 2.05) is 13.0 Å². The van der Waals surface area contributed by atoms with Crippen LogP contribution in [0, 0.1) is 6.92 Å². The lowest BCUT2D eigenvalue weighted by Gasteiger charge is -2.09. The molecule has 21 heavy (non-hydrogen) atoms. The first-order valence-electron chi connectivity index (χ1n) is 6.47. The monoisotopic (exact) mass is 301 g/mol. The molecule has 0 spiro atoms. The molecule has 1 aromatic carbocycles. The number of hydrogen-bond acceptors (Lipinski definition) is 6. The molecular formula is C15H15N3O2S. The largest absolute Gasteiger partial charge is 0.504 e. The van der Waals surface area contributed by atoms with E-state index in [1.165, 1.54) is 7.11 Å². The summed E-state index contributed by atoms with van der Waals surface area (Å²) in [6.07, 6.45) is 1.56. The molecule has 6 heteroatoms. The standard InChI is InChI=1S/C15H15N3O2S/c1-9-7-21-15-13(9)14(17-8-18-15)16-6-10-3-4-12(20-2)11(19)5-10/h3-5,7-8,19H,6H2,1-2H3,(H,16,17,18). The molecule has 0 radical (unpaired) electrons. The minimum absolute atomic E-state index is 0.136. The number of ether oxygens (including phenoxy) is 1. The second kappa shape index (κ2) is 5.57. The number of benzene rings is 1. The van der Waals surface area contributed by atoms with Crippen LogP contribution in [0.1, 0.15) is 11.1 Å². The number of nitrogens with zero attached hydrogens (tertiary/aromatic N) is 2. The quantitative estimate of drug-likeness (QED) is 0.773. The van der Waals surface area contributed by atoms with Crippen LogP contribution in [-0.2, 0) is 6.54 Å². The highest BCUT2D eigenvalue weighted by Crippen LogP contribution is 2.29. The van der Waals surface area contributed by atoms with Crippen LogP contribution in [0.15, 0.2) is 29.9 Å². The zero-order valence-electron chi connectivity index (χ0n) is 11.8. The topological polar surface area (TPSA) is 67.3 Å². The van der Waals surface area contributed by atoms with Crippen LogP contribution >= 0.6 is 11.3 Å². The minimum Gasteiger partial charge on any atom is -0.504 e. The third-order valence-corrected chi connectivity index (χ3v) is 4.26. The number of phenolic OH excluding ortho intramolecular Hbond substituents is 1. The Labute approximate surface area is 126 Å². The van der Waals surface area contributed by atoms with Crippen molar-refractivity contribution in [3.63, 3.8) is 0 Å². The van der Waals surface area contributed by atoms with Crippen molar-refractivity contribution in [1.82, 2.24) is 9.97 Å². The number of anilines is 1. The number of rotatable bonds is 4. The summed E-state index contributed by atoms with van der Waals surface area (Å²) in [6, 6.07) is 5.34. The van der Waals surface area contributed by atoms with Gasteiger partial charge in [-0.05, 0) is 35.6 Å². The molecule has 2 aromatic heterocycles. The Hall–Kier alpha value is -2.34. The lowest BCUT2D eigenvalue weighted by Crippen LogP contribution is -2.02. The fraction of sp³-hybridized carbons (Fsp3) is 0.200. The maximum Gasteiger partial charge on any atom is 0.160 e. The lowest BCUT2D eigenvalue weighted by molar-refractivity contribution is 0.373. The number of aryl methyl sites for hydroxylation is 1. The van der Waals surface area contributed by atoms with Gasteiger partial charge >= 0.3 is 0 Å². The molecule has 2 heterocycles. The molecule has 0 aliphatic heterocycles. The van der Waals surface area contributed by atoms with E-state index >= 15 is 0 Å². The number of hydrogen-bond donors (Lipinski definition) is 2. The number of aromatic hydroxyl groups is 1. The van der Waals surface area contributed by atoms with Gasteiger partial charge in [-0.1, -0.05) is 6.07 Å². The molecule has 3 aromatic rings. The summed E-state index contributed by atoms with van der Waals surface area (Å²) < 4.78 is 5.04. The molecule has 0 aliphatic carbocycles. The van der Waals surface area contributed by atoms with Gasteiger partial charge in [0.2, 0.25) is 0 Å². The van der Waals surface area contributed by atoms with E-state index in [4.69, 9.17) is 4.74 Å². The Bertz CT molecular complexity index is 786. The Morgan fingerprint density at radius 1 is 1.33 bits per heavy atom. The predicted molar refractivity (Wildman–Crippen MR) is 84.1 cm³/mol. The van der Waals surface area contributed by atoms with Crippen LogP contribution in [0.3, 0.4) is 0 Å². The van der Waals surface area contributed by atoms with Crippen molar-refractivity contribution >= 4 is 27.4 Å². The van der Waals surface area contributed by atoms with Crippen molar-refractivity contribution in [2.24, 2.45) is 0 Å². The number of nitrogens with one attached hydrogen (secondary N) is 1. The molecule has 0 bridgehead atoms. The van der Waals surface area contributed by atoms with Crippen molar-refractivity contribution in [3.05, 3.63) is 41.0 Å². The molecule has 108 valence electrons. The zero-order chi connectivity index (χ0) is 14.8. The van der Waals surface area contributed by atoms with Crippen LogP contribution in [0.25, 0.3) is 10.2 Å². The van der Waals surface area contributed by atoms with Crippen LogP contribution in [0.4, 0.5) is 5.82 Å². The third-order valence-electron chi connectivity index (χ3n) is 3.26. The van der Waals surface area contributed by atoms with Crippen molar-refractivity contribution in [2.45, 2.75) is 13.5 Å². The predicted octanol–water partition coefficient (Wildman–Crippen LogP) is 3.33. The van der Waals surface area contributed by atoms with Gasteiger partial charge in [0.1, 0.15) is 17.0 Å². The van der Waals surface area contributed by atoms with Crippen LogP contribution in [-0.4, -0.2) is 22.2 Å². The molecule has 5 nitrogen and oxygen atoms in total. The van der Waals surface area contributed by atoms with Gasteiger partial charge in [0, 0.05) is 6.54 Å². The molecule has 0 fully saturated rings. The highest BCUT2D eigenvalue weighted by atomic mass is 32.1. The number of aromatic nitrogens is 2. The zero-order valence-corrected chi connectivity index (χ0v) is 12.6. The van der Waals surface area contributed by atoms with Gasteiger partial charge in [-0.2, -0.15) is 0 Å². The highest BCUT2D eigenvalue weighted by Gasteiger charge is 2.09. The summed E-state index contributed by atoms with van der Waals surface area (Å²) in [7, 11) is 1.53. The first kappa shape index (κ1) is 13.6. The Balaban J connectivity index is 1.83. The van der Waals surface area contributed by atoms with E-state index in [1.54, 1.807) is 29.8 Å². The maximum absolute atomic E-state index is 9.79. The fourth-order valence-electron chi connectivity index (χ4n) is 2.18. The maximum atomic E-state index is 9.79. The summed E-state index contributed by atoms with van der Waals surface area (Å²) in [5.74, 6) is 1.42. The van der Waals surface area contributed by atoms with Crippen molar-refractivity contribution in [2.75, 3.05) is 12.4 Å². The molecule has 0 unspecified atom stereocenters. The summed E-state index contributed by atoms with van der Waals surface area (Å²) in [5, 5.41) is 16.2. The third kappa shape index (κ3) is 2.62. The molecule has 0 saturated heterocycles. The van der Waals surface area contributed by atoms with E-state index in [9.17, 15) is 5.11 Å².